The molecule has 0 saturated heterocycles. The average molecular weight is 262 g/mol. The molecule has 4 heteroatoms. The molecule has 1 heterocycles. The van der Waals surface area contributed by atoms with Gasteiger partial charge in [0.25, 0.3) is 0 Å². The lowest BCUT2D eigenvalue weighted by molar-refractivity contribution is -0.123. The monoisotopic (exact) mass is 262 g/mol. The number of benzene rings is 1. The number of nitrogens with one attached hydrogen (secondary N) is 2. The van der Waals surface area contributed by atoms with Crippen molar-refractivity contribution in [2.24, 2.45) is 0 Å². The number of ether oxygens (including phenoxy) is 1. The van der Waals surface area contributed by atoms with E-state index in [0.29, 0.717) is 13.2 Å². The lowest BCUT2D eigenvalue weighted by Gasteiger charge is -2.25. The first-order valence-corrected chi connectivity index (χ1v) is 6.97. The Balaban J connectivity index is 1.76. The van der Waals surface area contributed by atoms with Gasteiger partial charge in [-0.15, -0.1) is 0 Å². The molecule has 1 aliphatic rings. The van der Waals surface area contributed by atoms with Crippen molar-refractivity contribution in [1.82, 2.24) is 10.6 Å². The predicted molar refractivity (Wildman–Crippen MR) is 74.9 cm³/mol. The highest BCUT2D eigenvalue weighted by Gasteiger charge is 2.23. The first-order valence-electron chi connectivity index (χ1n) is 6.97. The van der Waals surface area contributed by atoms with Gasteiger partial charge in [-0.25, -0.2) is 0 Å². The lowest BCUT2D eigenvalue weighted by atomic mass is 9.95. The summed E-state index contributed by atoms with van der Waals surface area (Å²) in [5.74, 6) is 0.0889. The Labute approximate surface area is 114 Å². The quantitative estimate of drug-likeness (QED) is 0.759. The highest BCUT2D eigenvalue weighted by molar-refractivity contribution is 5.82. The van der Waals surface area contributed by atoms with E-state index in [2.05, 4.69) is 22.8 Å². The fourth-order valence-corrected chi connectivity index (χ4v) is 2.29. The number of hydrogen-bond acceptors (Lipinski definition) is 3. The Morgan fingerprint density at radius 3 is 3.00 bits per heavy atom. The zero-order valence-electron chi connectivity index (χ0n) is 11.4. The molecular weight excluding hydrogens is 240 g/mol. The van der Waals surface area contributed by atoms with Crippen LogP contribution < -0.4 is 10.6 Å². The molecule has 1 aromatic carbocycles. The van der Waals surface area contributed by atoms with E-state index in [9.17, 15) is 4.79 Å². The maximum absolute atomic E-state index is 12.0. The van der Waals surface area contributed by atoms with E-state index in [0.717, 1.165) is 26.0 Å². The molecule has 104 valence electrons. The minimum atomic E-state index is -0.109. The normalized spacial score (nSPS) is 17.8. The third-order valence-corrected chi connectivity index (χ3v) is 3.37. The molecule has 2 rings (SSSR count). The summed E-state index contributed by atoms with van der Waals surface area (Å²) in [7, 11) is 0. The molecule has 19 heavy (non-hydrogen) atoms. The van der Waals surface area contributed by atoms with Gasteiger partial charge in [-0.05, 0) is 30.9 Å². The molecule has 4 nitrogen and oxygen atoms in total. The molecule has 0 unspecified atom stereocenters. The number of carbonyl (C=O) groups is 1. The van der Waals surface area contributed by atoms with Crippen molar-refractivity contribution in [2.45, 2.75) is 32.4 Å². The SMILES string of the molecule is CCOCCCNC(=O)[C@@H]1Cc2ccccc2CN1. The molecule has 1 amide bonds. The van der Waals surface area contributed by atoms with E-state index in [1.54, 1.807) is 0 Å². The van der Waals surface area contributed by atoms with E-state index >= 15 is 0 Å². The molecule has 0 aliphatic carbocycles. The fourth-order valence-electron chi connectivity index (χ4n) is 2.29. The zero-order valence-corrected chi connectivity index (χ0v) is 11.4. The molecule has 0 spiro atoms. The summed E-state index contributed by atoms with van der Waals surface area (Å²) < 4.78 is 5.24. The Hall–Kier alpha value is -1.39. The number of amides is 1. The summed E-state index contributed by atoms with van der Waals surface area (Å²) in [5, 5.41) is 6.24. The van der Waals surface area contributed by atoms with Crippen LogP contribution in [0.4, 0.5) is 0 Å². The van der Waals surface area contributed by atoms with Crippen LogP contribution in [0.25, 0.3) is 0 Å². The van der Waals surface area contributed by atoms with Gasteiger partial charge in [0, 0.05) is 26.3 Å². The van der Waals surface area contributed by atoms with Gasteiger partial charge in [0.05, 0.1) is 6.04 Å². The van der Waals surface area contributed by atoms with Crippen LogP contribution in [-0.2, 0) is 22.5 Å². The molecule has 0 aromatic heterocycles. The Morgan fingerprint density at radius 1 is 1.42 bits per heavy atom. The Morgan fingerprint density at radius 2 is 2.21 bits per heavy atom. The van der Waals surface area contributed by atoms with E-state index in [1.807, 2.05) is 19.1 Å². The second kappa shape index (κ2) is 7.26. The van der Waals surface area contributed by atoms with Crippen LogP contribution in [0.1, 0.15) is 24.5 Å². The minimum absolute atomic E-state index is 0.0889. The van der Waals surface area contributed by atoms with Crippen molar-refractivity contribution in [1.29, 1.82) is 0 Å². The third-order valence-electron chi connectivity index (χ3n) is 3.37. The summed E-state index contributed by atoms with van der Waals surface area (Å²) in [4.78, 5) is 12.0. The molecule has 1 atom stereocenters. The van der Waals surface area contributed by atoms with Gasteiger partial charge in [0.2, 0.25) is 5.91 Å². The van der Waals surface area contributed by atoms with Crippen molar-refractivity contribution >= 4 is 5.91 Å². The fraction of sp³-hybridized carbons (Fsp3) is 0.533. The van der Waals surface area contributed by atoms with E-state index in [-0.39, 0.29) is 11.9 Å². The largest absolute Gasteiger partial charge is 0.382 e. The van der Waals surface area contributed by atoms with Crippen molar-refractivity contribution in [2.75, 3.05) is 19.8 Å². The van der Waals surface area contributed by atoms with Gasteiger partial charge in [-0.2, -0.15) is 0 Å². The van der Waals surface area contributed by atoms with Gasteiger partial charge >= 0.3 is 0 Å². The number of hydrogen-bond donors (Lipinski definition) is 2. The molecule has 0 fully saturated rings. The van der Waals surface area contributed by atoms with Crippen molar-refractivity contribution < 1.29 is 9.53 Å². The van der Waals surface area contributed by atoms with Crippen molar-refractivity contribution in [3.8, 4) is 0 Å². The first-order chi connectivity index (χ1) is 9.31. The number of fused-ring (bicyclic) bond motifs is 1. The summed E-state index contributed by atoms with van der Waals surface area (Å²) in [5.41, 5.74) is 2.57. The van der Waals surface area contributed by atoms with Crippen LogP contribution in [0.2, 0.25) is 0 Å². The molecule has 2 N–H and O–H groups in total. The smallest absolute Gasteiger partial charge is 0.237 e. The van der Waals surface area contributed by atoms with Crippen LogP contribution in [0.3, 0.4) is 0 Å². The standard InChI is InChI=1S/C15H22N2O2/c1-2-19-9-5-8-16-15(18)14-10-12-6-3-4-7-13(12)11-17-14/h3-4,6-7,14,17H,2,5,8-11H2,1H3,(H,16,18)/t14-/m0/s1. The summed E-state index contributed by atoms with van der Waals surface area (Å²) >= 11 is 0. The number of carbonyl (C=O) groups excluding carboxylic acids is 1. The molecule has 0 saturated carbocycles. The summed E-state index contributed by atoms with van der Waals surface area (Å²) in [6, 6.07) is 8.17. The third kappa shape index (κ3) is 4.04. The zero-order chi connectivity index (χ0) is 13.5. The molecule has 1 aromatic rings. The predicted octanol–water partition coefficient (Wildman–Crippen LogP) is 1.24. The summed E-state index contributed by atoms with van der Waals surface area (Å²) in [6.07, 6.45) is 1.64. The minimum Gasteiger partial charge on any atom is -0.382 e. The Kier molecular flexibility index (Phi) is 5.36. The van der Waals surface area contributed by atoms with Crippen LogP contribution in [-0.4, -0.2) is 31.7 Å². The van der Waals surface area contributed by atoms with E-state index in [4.69, 9.17) is 4.74 Å². The topological polar surface area (TPSA) is 50.4 Å². The van der Waals surface area contributed by atoms with Gasteiger partial charge in [-0.1, -0.05) is 24.3 Å². The van der Waals surface area contributed by atoms with Gasteiger partial charge in [0.1, 0.15) is 0 Å². The van der Waals surface area contributed by atoms with E-state index in [1.165, 1.54) is 11.1 Å². The summed E-state index contributed by atoms with van der Waals surface area (Å²) in [6.45, 7) is 4.86. The molecule has 0 bridgehead atoms. The van der Waals surface area contributed by atoms with E-state index < -0.39 is 0 Å². The van der Waals surface area contributed by atoms with Crippen LogP contribution in [0, 0.1) is 0 Å². The van der Waals surface area contributed by atoms with Crippen LogP contribution >= 0.6 is 0 Å². The molecule has 1 aliphatic heterocycles. The van der Waals surface area contributed by atoms with Crippen LogP contribution in [0.15, 0.2) is 24.3 Å². The number of rotatable bonds is 6. The average Bonchev–Trinajstić information content (AvgIpc) is 2.46. The Bertz CT molecular complexity index is 420. The highest BCUT2D eigenvalue weighted by atomic mass is 16.5. The second-order valence-electron chi connectivity index (χ2n) is 4.75. The van der Waals surface area contributed by atoms with Crippen molar-refractivity contribution in [3.63, 3.8) is 0 Å². The maximum atomic E-state index is 12.0. The van der Waals surface area contributed by atoms with Crippen molar-refractivity contribution in [3.05, 3.63) is 35.4 Å². The first kappa shape index (κ1) is 14.0. The maximum Gasteiger partial charge on any atom is 0.237 e. The molecule has 0 radical (unpaired) electrons. The van der Waals surface area contributed by atoms with Crippen LogP contribution in [0.5, 0.6) is 0 Å². The lowest BCUT2D eigenvalue weighted by Crippen LogP contribution is -2.47. The molecular formula is C15H22N2O2. The second-order valence-corrected chi connectivity index (χ2v) is 4.75. The van der Waals surface area contributed by atoms with Gasteiger partial charge < -0.3 is 15.4 Å². The van der Waals surface area contributed by atoms with Gasteiger partial charge in [-0.3, -0.25) is 4.79 Å². The van der Waals surface area contributed by atoms with Gasteiger partial charge in [0.15, 0.2) is 0 Å². The highest BCUT2D eigenvalue weighted by Crippen LogP contribution is 2.16.